The number of benzene rings is 4. The number of fused-ring (bicyclic) bond motifs is 3. The summed E-state index contributed by atoms with van der Waals surface area (Å²) in [7, 11) is 7.64. The van der Waals surface area contributed by atoms with Gasteiger partial charge in [0.1, 0.15) is 5.75 Å². The molecule has 2 heterocycles. The summed E-state index contributed by atoms with van der Waals surface area (Å²) in [5.74, 6) is 0.296. The Morgan fingerprint density at radius 2 is 1.52 bits per heavy atom. The molecule has 40 heavy (non-hydrogen) atoms. The van der Waals surface area contributed by atoms with Crippen LogP contribution in [0.3, 0.4) is 0 Å². The van der Waals surface area contributed by atoms with E-state index in [4.69, 9.17) is 9.47 Å². The Kier molecular flexibility index (Phi) is 8.22. The lowest BCUT2D eigenvalue weighted by atomic mass is 9.82. The molecule has 6 rings (SSSR count). The summed E-state index contributed by atoms with van der Waals surface area (Å²) in [6.07, 6.45) is 8.30. The first-order chi connectivity index (χ1) is 19.4. The highest BCUT2D eigenvalue weighted by molar-refractivity contribution is 6.04. The number of methoxy groups -OCH3 is 1. The first-order valence-electron chi connectivity index (χ1n) is 14.0. The molecule has 1 fully saturated rings. The predicted octanol–water partition coefficient (Wildman–Crippen LogP) is 7.14. The second kappa shape index (κ2) is 12.0. The lowest BCUT2D eigenvalue weighted by molar-refractivity contribution is 0.0599. The Morgan fingerprint density at radius 3 is 2.15 bits per heavy atom. The number of piperidine rings is 1. The van der Waals surface area contributed by atoms with E-state index in [1.165, 1.54) is 39.5 Å². The van der Waals surface area contributed by atoms with Gasteiger partial charge in [-0.05, 0) is 68.7 Å². The standard InChI is InChI=1S/C29H25NO3.C6H13N/c1-30(2)23-15-13-22(14-16-23)29(21-10-5-4-6-11-21)18-17-25-26(28(31)32-3)19-20-9-7-8-12-24(20)27(25)33-29;1-7-5-3-2-4-6-7/h4-19H,1-3H3;2-6H2,1H3. The number of esters is 1. The molecule has 1 unspecified atom stereocenters. The number of anilines is 1. The maximum atomic E-state index is 12.6. The van der Waals surface area contributed by atoms with Gasteiger partial charge in [-0.3, -0.25) is 0 Å². The molecule has 0 amide bonds. The van der Waals surface area contributed by atoms with Crippen LogP contribution in [0.25, 0.3) is 16.8 Å². The fourth-order valence-electron chi connectivity index (χ4n) is 5.50. The highest BCUT2D eigenvalue weighted by Gasteiger charge is 2.38. The van der Waals surface area contributed by atoms with Crippen LogP contribution in [0.2, 0.25) is 0 Å². The summed E-state index contributed by atoms with van der Waals surface area (Å²) >= 11 is 0. The van der Waals surface area contributed by atoms with Gasteiger partial charge >= 0.3 is 5.97 Å². The SMILES string of the molecule is CN1CCCCC1.COC(=O)c1cc2ccccc2c2c1C=CC(c1ccccc1)(c1ccc(N(C)C)cc1)O2. The Labute approximate surface area is 237 Å². The number of carbonyl (C=O) groups is 1. The van der Waals surface area contributed by atoms with Crippen LogP contribution in [0.5, 0.6) is 5.75 Å². The van der Waals surface area contributed by atoms with Crippen LogP contribution in [0.1, 0.15) is 46.3 Å². The smallest absolute Gasteiger partial charge is 0.338 e. The normalized spacial score (nSPS) is 18.2. The quantitative estimate of drug-likeness (QED) is 0.260. The minimum atomic E-state index is -0.837. The number of ether oxygens (including phenoxy) is 2. The topological polar surface area (TPSA) is 42.0 Å². The minimum absolute atomic E-state index is 0.382. The van der Waals surface area contributed by atoms with E-state index in [1.54, 1.807) is 0 Å². The van der Waals surface area contributed by atoms with E-state index in [0.717, 1.165) is 33.2 Å². The molecule has 0 aliphatic carbocycles. The summed E-state index contributed by atoms with van der Waals surface area (Å²) in [5, 5.41) is 1.88. The van der Waals surface area contributed by atoms with Crippen molar-refractivity contribution >= 4 is 28.5 Å². The largest absolute Gasteiger partial charge is 0.472 e. The number of hydrogen-bond acceptors (Lipinski definition) is 5. The van der Waals surface area contributed by atoms with Crippen molar-refractivity contribution in [2.75, 3.05) is 46.2 Å². The molecule has 2 aliphatic heterocycles. The average Bonchev–Trinajstić information content (AvgIpc) is 3.01. The monoisotopic (exact) mass is 534 g/mol. The van der Waals surface area contributed by atoms with Crippen LogP contribution in [-0.4, -0.2) is 52.2 Å². The second-order valence-corrected chi connectivity index (χ2v) is 10.7. The van der Waals surface area contributed by atoms with Gasteiger partial charge in [0.15, 0.2) is 5.60 Å². The molecule has 4 aromatic rings. The highest BCUT2D eigenvalue weighted by atomic mass is 16.5. The summed E-state index contributed by atoms with van der Waals surface area (Å²) in [4.78, 5) is 17.1. The van der Waals surface area contributed by atoms with E-state index in [2.05, 4.69) is 53.2 Å². The van der Waals surface area contributed by atoms with Crippen molar-refractivity contribution in [2.24, 2.45) is 0 Å². The van der Waals surface area contributed by atoms with E-state index in [1.807, 2.05) is 74.8 Å². The third-order valence-electron chi connectivity index (χ3n) is 7.79. The Bertz CT molecular complexity index is 1490. The number of hydrogen-bond donors (Lipinski definition) is 0. The van der Waals surface area contributed by atoms with Gasteiger partial charge in [0.05, 0.1) is 12.7 Å². The molecule has 1 saturated heterocycles. The summed E-state index contributed by atoms with van der Waals surface area (Å²) in [6, 6.07) is 28.4. The molecular weight excluding hydrogens is 496 g/mol. The van der Waals surface area contributed by atoms with Gasteiger partial charge in [-0.2, -0.15) is 0 Å². The molecular formula is C35H38N2O3. The zero-order chi connectivity index (χ0) is 28.1. The minimum Gasteiger partial charge on any atom is -0.472 e. The molecule has 0 N–H and O–H groups in total. The molecule has 2 aliphatic rings. The van der Waals surface area contributed by atoms with Gasteiger partial charge in [-0.15, -0.1) is 0 Å². The lowest BCUT2D eigenvalue weighted by Gasteiger charge is -2.37. The lowest BCUT2D eigenvalue weighted by Crippen LogP contribution is -2.34. The third kappa shape index (κ3) is 5.47. The van der Waals surface area contributed by atoms with Gasteiger partial charge in [-0.25, -0.2) is 4.79 Å². The highest BCUT2D eigenvalue weighted by Crippen LogP contribution is 2.46. The van der Waals surface area contributed by atoms with Gasteiger partial charge in [0, 0.05) is 41.9 Å². The van der Waals surface area contributed by atoms with Gasteiger partial charge in [-0.1, -0.05) is 73.2 Å². The van der Waals surface area contributed by atoms with Crippen LogP contribution in [-0.2, 0) is 10.3 Å². The molecule has 4 aromatic carbocycles. The summed E-state index contributed by atoms with van der Waals surface area (Å²) in [5.41, 5.74) is 3.52. The number of carbonyl (C=O) groups excluding carboxylic acids is 1. The summed E-state index contributed by atoms with van der Waals surface area (Å²) < 4.78 is 12.0. The van der Waals surface area contributed by atoms with E-state index < -0.39 is 5.60 Å². The number of rotatable bonds is 4. The third-order valence-corrected chi connectivity index (χ3v) is 7.79. The molecule has 206 valence electrons. The molecule has 0 aromatic heterocycles. The van der Waals surface area contributed by atoms with Crippen molar-refractivity contribution in [3.63, 3.8) is 0 Å². The Balaban J connectivity index is 0.000000403. The molecule has 0 bridgehead atoms. The van der Waals surface area contributed by atoms with Crippen LogP contribution < -0.4 is 9.64 Å². The number of likely N-dealkylation sites (tertiary alicyclic amines) is 1. The Hall–Kier alpha value is -4.09. The maximum absolute atomic E-state index is 12.6. The van der Waals surface area contributed by atoms with Crippen molar-refractivity contribution in [3.05, 3.63) is 113 Å². The summed E-state index contributed by atoms with van der Waals surface area (Å²) in [6.45, 7) is 2.64. The fourth-order valence-corrected chi connectivity index (χ4v) is 5.50. The molecule has 0 saturated carbocycles. The number of nitrogens with zero attached hydrogens (tertiary/aromatic N) is 2. The molecule has 0 radical (unpaired) electrons. The molecule has 1 atom stereocenters. The fraction of sp³-hybridized carbons (Fsp3) is 0.286. The first kappa shape index (κ1) is 27.5. The molecule has 0 spiro atoms. The molecule has 5 nitrogen and oxygen atoms in total. The predicted molar refractivity (Wildman–Crippen MR) is 164 cm³/mol. The van der Waals surface area contributed by atoms with Crippen LogP contribution in [0.4, 0.5) is 5.69 Å². The van der Waals surface area contributed by atoms with Crippen molar-refractivity contribution in [1.29, 1.82) is 0 Å². The van der Waals surface area contributed by atoms with Gasteiger partial charge in [0.25, 0.3) is 0 Å². The van der Waals surface area contributed by atoms with E-state index in [9.17, 15) is 4.79 Å². The van der Waals surface area contributed by atoms with Crippen molar-refractivity contribution in [3.8, 4) is 5.75 Å². The van der Waals surface area contributed by atoms with E-state index in [0.29, 0.717) is 11.3 Å². The van der Waals surface area contributed by atoms with Crippen molar-refractivity contribution in [1.82, 2.24) is 4.90 Å². The van der Waals surface area contributed by atoms with Crippen LogP contribution >= 0.6 is 0 Å². The molecule has 5 heteroatoms. The second-order valence-electron chi connectivity index (χ2n) is 10.7. The average molecular weight is 535 g/mol. The van der Waals surface area contributed by atoms with Crippen LogP contribution in [0, 0.1) is 0 Å². The van der Waals surface area contributed by atoms with Gasteiger partial charge < -0.3 is 19.3 Å². The maximum Gasteiger partial charge on any atom is 0.338 e. The zero-order valence-corrected chi connectivity index (χ0v) is 23.9. The van der Waals surface area contributed by atoms with E-state index in [-0.39, 0.29) is 5.97 Å². The van der Waals surface area contributed by atoms with Crippen molar-refractivity contribution < 1.29 is 14.3 Å². The van der Waals surface area contributed by atoms with Crippen LogP contribution in [0.15, 0.2) is 91.0 Å². The zero-order valence-electron chi connectivity index (χ0n) is 23.9. The van der Waals surface area contributed by atoms with Crippen molar-refractivity contribution in [2.45, 2.75) is 24.9 Å². The van der Waals surface area contributed by atoms with E-state index >= 15 is 0 Å². The first-order valence-corrected chi connectivity index (χ1v) is 14.0. The Morgan fingerprint density at radius 1 is 0.875 bits per heavy atom. The van der Waals surface area contributed by atoms with Gasteiger partial charge in [0.2, 0.25) is 0 Å².